The zero-order valence-corrected chi connectivity index (χ0v) is 23.4. The maximum Gasteiger partial charge on any atom is 0.424 e. The number of carbonyl (C=O) groups is 2. The second-order valence-electron chi connectivity index (χ2n) is 10.3. The fraction of sp³-hybridized carbons (Fsp3) is 0.480. The van der Waals surface area contributed by atoms with Crippen molar-refractivity contribution in [3.05, 3.63) is 48.5 Å². The molecule has 3 aromatic rings. The van der Waals surface area contributed by atoms with E-state index < -0.39 is 40.2 Å². The number of hydrogen-bond donors (Lipinski definition) is 1. The summed E-state index contributed by atoms with van der Waals surface area (Å²) in [6, 6.07) is 8.69. The average molecular weight is 561 g/mol. The molecule has 3 heterocycles. The van der Waals surface area contributed by atoms with Crippen molar-refractivity contribution in [3.8, 4) is 0 Å². The molecular weight excluding hydrogens is 528 g/mol. The van der Waals surface area contributed by atoms with Crippen LogP contribution in [0.2, 0.25) is 0 Å². The summed E-state index contributed by atoms with van der Waals surface area (Å²) in [6.07, 6.45) is 0.722. The molecule has 0 aliphatic carbocycles. The number of ether oxygens (including phenoxy) is 3. The van der Waals surface area contributed by atoms with Gasteiger partial charge >= 0.3 is 6.09 Å². The molecule has 4 rings (SSSR count). The minimum absolute atomic E-state index is 0.220. The van der Waals surface area contributed by atoms with Crippen molar-refractivity contribution in [3.63, 3.8) is 0 Å². The Kier molecular flexibility index (Phi) is 7.91. The van der Waals surface area contributed by atoms with E-state index in [-0.39, 0.29) is 24.2 Å². The summed E-state index contributed by atoms with van der Waals surface area (Å²) in [6.45, 7) is 6.53. The van der Waals surface area contributed by atoms with Crippen molar-refractivity contribution >= 4 is 39.0 Å². The Morgan fingerprint density at radius 1 is 1.15 bits per heavy atom. The molecule has 0 spiro atoms. The number of aromatic nitrogens is 4. The minimum Gasteiger partial charge on any atom is -0.443 e. The number of imidazole rings is 1. The van der Waals surface area contributed by atoms with Crippen LogP contribution in [0.3, 0.4) is 0 Å². The van der Waals surface area contributed by atoms with Crippen molar-refractivity contribution in [2.75, 3.05) is 25.2 Å². The van der Waals surface area contributed by atoms with Crippen molar-refractivity contribution in [1.29, 1.82) is 0 Å². The van der Waals surface area contributed by atoms with Crippen LogP contribution in [-0.4, -0.2) is 82.0 Å². The highest BCUT2D eigenvalue weighted by Crippen LogP contribution is 2.38. The summed E-state index contributed by atoms with van der Waals surface area (Å²) >= 11 is 0. The first kappa shape index (κ1) is 28.4. The molecule has 14 heteroatoms. The van der Waals surface area contributed by atoms with E-state index in [0.717, 1.165) is 6.26 Å². The van der Waals surface area contributed by atoms with Gasteiger partial charge in [-0.2, -0.15) is 0 Å². The lowest BCUT2D eigenvalue weighted by Crippen LogP contribution is -2.45. The Hall–Kier alpha value is -3.62. The van der Waals surface area contributed by atoms with Gasteiger partial charge in [-0.05, 0) is 32.9 Å². The number of fused-ring (bicyclic) bond motifs is 1. The number of nitrogens with zero attached hydrogens (tertiary/aromatic N) is 5. The maximum absolute atomic E-state index is 12.7. The molecule has 1 aromatic carbocycles. The highest BCUT2D eigenvalue weighted by Gasteiger charge is 2.46. The Labute approximate surface area is 226 Å². The number of methoxy groups -OCH3 is 1. The molecule has 0 saturated carbocycles. The number of rotatable bonds is 7. The second-order valence-corrected chi connectivity index (χ2v) is 12.2. The van der Waals surface area contributed by atoms with Crippen LogP contribution in [0, 0.1) is 5.92 Å². The molecule has 0 unspecified atom stereocenters. The first-order valence-electron chi connectivity index (χ1n) is 12.2. The third-order valence-corrected chi connectivity index (χ3v) is 7.31. The van der Waals surface area contributed by atoms with Gasteiger partial charge in [-0.15, -0.1) is 0 Å². The summed E-state index contributed by atoms with van der Waals surface area (Å²) < 4.78 is 44.6. The van der Waals surface area contributed by atoms with Crippen molar-refractivity contribution in [1.82, 2.24) is 23.8 Å². The third-order valence-electron chi connectivity index (χ3n) is 6.22. The second kappa shape index (κ2) is 10.9. The van der Waals surface area contributed by atoms with E-state index in [0.29, 0.717) is 21.0 Å². The van der Waals surface area contributed by atoms with Crippen LogP contribution in [0.25, 0.3) is 11.2 Å². The van der Waals surface area contributed by atoms with Crippen LogP contribution < -0.4 is 5.32 Å². The van der Waals surface area contributed by atoms with Gasteiger partial charge in [0.05, 0.1) is 25.2 Å². The van der Waals surface area contributed by atoms with Gasteiger partial charge in [-0.3, -0.25) is 9.36 Å². The molecule has 0 radical (unpaired) electrons. The molecular formula is C25H32N6O7S. The van der Waals surface area contributed by atoms with Crippen LogP contribution in [0.4, 0.5) is 10.6 Å². The molecule has 210 valence electrons. The zero-order chi connectivity index (χ0) is 28.5. The number of carbonyl (C=O) groups excluding carboxylic acids is 2. The Balaban J connectivity index is 1.61. The number of sulfonamides is 1. The van der Waals surface area contributed by atoms with Gasteiger partial charge in [-0.25, -0.2) is 32.5 Å². The largest absolute Gasteiger partial charge is 0.443 e. The molecule has 1 aliphatic rings. The maximum atomic E-state index is 12.7. The molecule has 13 nitrogen and oxygen atoms in total. The van der Waals surface area contributed by atoms with Crippen LogP contribution >= 0.6 is 0 Å². The monoisotopic (exact) mass is 560 g/mol. The van der Waals surface area contributed by atoms with Crippen LogP contribution in [-0.2, 0) is 24.2 Å². The standard InChI is InChI=1S/C25H32N6O7S/c1-15-17(12-31(39(6,34)35)24(33)38-25(2,3)4)37-23(19(15)36-5)30-14-28-18-20(26-13-27-21(18)30)29-22(32)16-10-8-7-9-11-16/h7-11,13-15,17,19,23H,12H2,1-6H3,(H,26,27,29,32)/t15-,17-,19-,23-/m1/s1. The zero-order valence-electron chi connectivity index (χ0n) is 22.6. The van der Waals surface area contributed by atoms with E-state index in [9.17, 15) is 18.0 Å². The third kappa shape index (κ3) is 6.18. The van der Waals surface area contributed by atoms with Crippen LogP contribution in [0.15, 0.2) is 43.0 Å². The predicted molar refractivity (Wildman–Crippen MR) is 141 cm³/mol. The lowest BCUT2D eigenvalue weighted by atomic mass is 10.00. The van der Waals surface area contributed by atoms with E-state index in [1.165, 1.54) is 19.8 Å². The normalized spacial score (nSPS) is 21.6. The molecule has 4 atom stereocenters. The first-order chi connectivity index (χ1) is 18.3. The lowest BCUT2D eigenvalue weighted by Gasteiger charge is -2.28. The van der Waals surface area contributed by atoms with Gasteiger partial charge in [0.1, 0.15) is 18.0 Å². The average Bonchev–Trinajstić information content (AvgIpc) is 3.42. The summed E-state index contributed by atoms with van der Waals surface area (Å²) in [5.74, 6) is -0.464. The minimum atomic E-state index is -3.96. The van der Waals surface area contributed by atoms with Gasteiger partial charge in [0.2, 0.25) is 10.0 Å². The lowest BCUT2D eigenvalue weighted by molar-refractivity contribution is -0.0511. The van der Waals surface area contributed by atoms with Crippen molar-refractivity contribution < 1.29 is 32.2 Å². The van der Waals surface area contributed by atoms with Crippen molar-refractivity contribution in [2.24, 2.45) is 5.92 Å². The molecule has 0 bridgehead atoms. The number of nitrogens with one attached hydrogen (secondary N) is 1. The van der Waals surface area contributed by atoms with Gasteiger partial charge in [0.25, 0.3) is 5.91 Å². The van der Waals surface area contributed by atoms with Crippen LogP contribution in [0.5, 0.6) is 0 Å². The Morgan fingerprint density at radius 2 is 1.85 bits per heavy atom. The molecule has 39 heavy (non-hydrogen) atoms. The van der Waals surface area contributed by atoms with Gasteiger partial charge in [0, 0.05) is 18.6 Å². The number of amides is 2. The van der Waals surface area contributed by atoms with E-state index in [2.05, 4.69) is 20.3 Å². The van der Waals surface area contributed by atoms with E-state index >= 15 is 0 Å². The molecule has 1 aliphatic heterocycles. The molecule has 1 N–H and O–H groups in total. The highest BCUT2D eigenvalue weighted by molar-refractivity contribution is 7.88. The number of hydrogen-bond acceptors (Lipinski definition) is 10. The highest BCUT2D eigenvalue weighted by atomic mass is 32.2. The summed E-state index contributed by atoms with van der Waals surface area (Å²) in [5, 5.41) is 2.76. The topological polar surface area (TPSA) is 155 Å². The molecule has 1 saturated heterocycles. The Morgan fingerprint density at radius 3 is 2.46 bits per heavy atom. The Bertz CT molecular complexity index is 1450. The van der Waals surface area contributed by atoms with E-state index in [1.54, 1.807) is 49.6 Å². The van der Waals surface area contributed by atoms with E-state index in [4.69, 9.17) is 14.2 Å². The quantitative estimate of drug-likeness (QED) is 0.456. The van der Waals surface area contributed by atoms with Gasteiger partial charge in [-0.1, -0.05) is 25.1 Å². The van der Waals surface area contributed by atoms with Crippen molar-refractivity contribution in [2.45, 2.75) is 51.7 Å². The SMILES string of the molecule is CO[C@@H]1[C@H](C)[C@@H](CN(C(=O)OC(C)(C)C)S(C)(=O)=O)O[C@H]1n1cnc2c(NC(=O)c3ccccc3)ncnc21. The fourth-order valence-electron chi connectivity index (χ4n) is 4.34. The first-order valence-corrected chi connectivity index (χ1v) is 14.1. The molecule has 2 amide bonds. The summed E-state index contributed by atoms with van der Waals surface area (Å²) in [5.41, 5.74) is 0.283. The number of benzene rings is 1. The van der Waals surface area contributed by atoms with Crippen LogP contribution in [0.1, 0.15) is 44.3 Å². The summed E-state index contributed by atoms with van der Waals surface area (Å²) in [4.78, 5) is 38.3. The predicted octanol–water partition coefficient (Wildman–Crippen LogP) is 2.82. The van der Waals surface area contributed by atoms with E-state index in [1.807, 2.05) is 13.0 Å². The van der Waals surface area contributed by atoms with Gasteiger partial charge < -0.3 is 19.5 Å². The molecule has 1 fully saturated rings. The smallest absolute Gasteiger partial charge is 0.424 e. The fourth-order valence-corrected chi connectivity index (χ4v) is 5.06. The molecule has 2 aromatic heterocycles. The van der Waals surface area contributed by atoms with Gasteiger partial charge in [0.15, 0.2) is 23.2 Å². The summed E-state index contributed by atoms with van der Waals surface area (Å²) in [7, 11) is -2.44. The number of anilines is 1.